The summed E-state index contributed by atoms with van der Waals surface area (Å²) >= 11 is 0. The lowest BCUT2D eigenvalue weighted by molar-refractivity contribution is -0.604. The van der Waals surface area contributed by atoms with Gasteiger partial charge in [0.2, 0.25) is 5.91 Å². The van der Waals surface area contributed by atoms with E-state index in [9.17, 15) is 24.0 Å². The number of unbranched alkanes of at least 4 members (excludes halogenated alkanes) is 1. The van der Waals surface area contributed by atoms with Gasteiger partial charge in [-0.25, -0.2) is 9.59 Å². The van der Waals surface area contributed by atoms with Crippen LogP contribution in [0.4, 0.5) is 5.69 Å². The van der Waals surface area contributed by atoms with E-state index in [1.165, 1.54) is 19.5 Å². The molecule has 0 saturated carbocycles. The smallest absolute Gasteiger partial charge is 0.332 e. The van der Waals surface area contributed by atoms with Crippen LogP contribution in [0.1, 0.15) is 68.6 Å². The number of hydroxylamine groups is 2. The van der Waals surface area contributed by atoms with Crippen LogP contribution in [-0.4, -0.2) is 55.9 Å². The number of nitrogens with zero attached hydrogens (tertiary/aromatic N) is 2. The molecule has 2 N–H and O–H groups in total. The molecular weight excluding hydrogens is 526 g/mol. The highest BCUT2D eigenvalue weighted by molar-refractivity contribution is 5.96. The number of nitrogens with two attached hydrogens (primary N) is 1. The van der Waals surface area contributed by atoms with E-state index in [4.69, 9.17) is 9.57 Å². The van der Waals surface area contributed by atoms with E-state index in [1.807, 2.05) is 55.5 Å². The molecule has 0 bridgehead atoms. The summed E-state index contributed by atoms with van der Waals surface area (Å²) in [4.78, 5) is 63.5. The van der Waals surface area contributed by atoms with Gasteiger partial charge in [0.1, 0.15) is 6.29 Å². The second-order valence-electron chi connectivity index (χ2n) is 9.19. The fraction of sp³-hybridized carbons (Fsp3) is 0.387. The summed E-state index contributed by atoms with van der Waals surface area (Å²) in [7, 11) is 2.90. The molecule has 3 rings (SSSR count). The van der Waals surface area contributed by atoms with Gasteiger partial charge in [-0.1, -0.05) is 55.5 Å². The lowest BCUT2D eigenvalue weighted by Gasteiger charge is -2.25. The van der Waals surface area contributed by atoms with Crippen LogP contribution in [0.15, 0.2) is 48.5 Å². The highest BCUT2D eigenvalue weighted by atomic mass is 16.7. The van der Waals surface area contributed by atoms with Gasteiger partial charge >= 0.3 is 11.9 Å². The number of quaternary nitrogens is 1. The summed E-state index contributed by atoms with van der Waals surface area (Å²) in [5, 5.41) is 2.36. The molecule has 0 saturated heterocycles. The Bertz CT molecular complexity index is 1270. The van der Waals surface area contributed by atoms with Crippen molar-refractivity contribution in [1.82, 2.24) is 5.06 Å². The van der Waals surface area contributed by atoms with Crippen molar-refractivity contribution in [2.75, 3.05) is 25.8 Å². The molecule has 0 aromatic heterocycles. The lowest BCUT2D eigenvalue weighted by atomic mass is 10.0. The number of primary amides is 1. The van der Waals surface area contributed by atoms with E-state index in [0.29, 0.717) is 19.3 Å². The van der Waals surface area contributed by atoms with Gasteiger partial charge in [0.15, 0.2) is 6.73 Å². The third kappa shape index (κ3) is 11.4. The van der Waals surface area contributed by atoms with Crippen molar-refractivity contribution in [1.29, 1.82) is 0 Å². The summed E-state index contributed by atoms with van der Waals surface area (Å²) in [5.41, 5.74) is 3.52. The van der Waals surface area contributed by atoms with Gasteiger partial charge in [0, 0.05) is 51.0 Å². The number of rotatable bonds is 11. The Morgan fingerprint density at radius 2 is 1.66 bits per heavy atom. The number of carbonyl (C=O) groups excluding carboxylic acids is 5. The predicted octanol–water partition coefficient (Wildman–Crippen LogP) is 2.48. The fourth-order valence-electron chi connectivity index (χ4n) is 3.76. The number of carbonyl (C=O) groups is 5. The SMILES string of the molecule is CCCCC(=O)ON(C)C(=O)CCC=O.COC[NH2+]C(=O)CCC(=O)N1Cc2ccccc2C#Cc2ccccc21. The zero-order valence-electron chi connectivity index (χ0n) is 23.9. The molecular formula is C31H38N3O7+. The third-order valence-electron chi connectivity index (χ3n) is 6.04. The molecule has 0 fully saturated rings. The number of fused-ring (bicyclic) bond motifs is 2. The second kappa shape index (κ2) is 18.1. The Hall–Kier alpha value is -4.33. The standard InChI is InChI=1S/C21H20N2O3.C10H17NO4/c1-26-15-22-20(24)12-13-21(25)23-14-18-8-3-2-6-16(18)10-11-17-7-4-5-9-19(17)23;1-3-4-7-10(14)15-11(2)9(13)6-5-8-12/h2-9H,12-15H2,1H3,(H,22,24);8H,3-7H2,1-2H3/p+1. The van der Waals surface area contributed by atoms with Gasteiger partial charge in [0.25, 0.3) is 5.91 Å². The van der Waals surface area contributed by atoms with Crippen molar-refractivity contribution in [3.05, 3.63) is 65.2 Å². The van der Waals surface area contributed by atoms with E-state index in [-0.39, 0.29) is 50.1 Å². The van der Waals surface area contributed by atoms with E-state index >= 15 is 0 Å². The number of ether oxygens (including phenoxy) is 1. The lowest BCUT2D eigenvalue weighted by Crippen LogP contribution is -2.88. The number of hydrogen-bond acceptors (Lipinski definition) is 7. The van der Waals surface area contributed by atoms with Crippen LogP contribution in [0.3, 0.4) is 0 Å². The minimum Gasteiger partial charge on any atom is -0.338 e. The van der Waals surface area contributed by atoms with Crippen molar-refractivity contribution in [2.24, 2.45) is 0 Å². The van der Waals surface area contributed by atoms with Gasteiger partial charge in [0.05, 0.1) is 18.7 Å². The third-order valence-corrected chi connectivity index (χ3v) is 6.04. The topological polar surface area (TPSA) is 127 Å². The van der Waals surface area contributed by atoms with Crippen molar-refractivity contribution in [3.63, 3.8) is 0 Å². The first-order valence-corrected chi connectivity index (χ1v) is 13.6. The van der Waals surface area contributed by atoms with E-state index in [0.717, 1.165) is 40.3 Å². The normalized spacial score (nSPS) is 11.1. The molecule has 2 aromatic carbocycles. The van der Waals surface area contributed by atoms with E-state index in [1.54, 1.807) is 4.90 Å². The predicted molar refractivity (Wildman–Crippen MR) is 152 cm³/mol. The van der Waals surface area contributed by atoms with Crippen LogP contribution in [0.2, 0.25) is 0 Å². The molecule has 10 nitrogen and oxygen atoms in total. The van der Waals surface area contributed by atoms with Gasteiger partial charge in [-0.2, -0.15) is 5.06 Å². The first-order valence-electron chi connectivity index (χ1n) is 13.6. The van der Waals surface area contributed by atoms with Crippen LogP contribution in [0, 0.1) is 11.8 Å². The Morgan fingerprint density at radius 1 is 0.976 bits per heavy atom. The largest absolute Gasteiger partial charge is 0.338 e. The monoisotopic (exact) mass is 564 g/mol. The maximum atomic E-state index is 12.9. The van der Waals surface area contributed by atoms with E-state index < -0.39 is 5.97 Å². The second-order valence-corrected chi connectivity index (χ2v) is 9.19. The average Bonchev–Trinajstić information content (AvgIpc) is 2.97. The zero-order valence-corrected chi connectivity index (χ0v) is 23.9. The molecule has 10 heteroatoms. The van der Waals surface area contributed by atoms with Crippen LogP contribution in [-0.2, 0) is 40.1 Å². The number of benzene rings is 2. The van der Waals surface area contributed by atoms with Crippen LogP contribution in [0.5, 0.6) is 0 Å². The molecule has 41 heavy (non-hydrogen) atoms. The van der Waals surface area contributed by atoms with Crippen LogP contribution in [0.25, 0.3) is 0 Å². The molecule has 0 atom stereocenters. The van der Waals surface area contributed by atoms with Crippen molar-refractivity contribution in [2.45, 2.75) is 58.4 Å². The molecule has 0 radical (unpaired) electrons. The van der Waals surface area contributed by atoms with E-state index in [2.05, 4.69) is 11.8 Å². The van der Waals surface area contributed by atoms with Gasteiger partial charge in [-0.15, -0.1) is 0 Å². The summed E-state index contributed by atoms with van der Waals surface area (Å²) in [6.07, 6.45) is 3.16. The molecule has 1 aliphatic rings. The Balaban J connectivity index is 0.000000337. The minimum atomic E-state index is -0.418. The first kappa shape index (κ1) is 32.9. The number of amides is 3. The molecule has 0 unspecified atom stereocenters. The maximum Gasteiger partial charge on any atom is 0.332 e. The van der Waals surface area contributed by atoms with Crippen LogP contribution >= 0.6 is 0 Å². The Morgan fingerprint density at radius 3 is 2.37 bits per heavy atom. The summed E-state index contributed by atoms with van der Waals surface area (Å²) in [6, 6.07) is 15.4. The average molecular weight is 565 g/mol. The highest BCUT2D eigenvalue weighted by Crippen LogP contribution is 2.26. The van der Waals surface area contributed by atoms with Crippen LogP contribution < -0.4 is 10.2 Å². The summed E-state index contributed by atoms with van der Waals surface area (Å²) < 4.78 is 4.86. The van der Waals surface area contributed by atoms with Gasteiger partial charge in [-0.3, -0.25) is 14.9 Å². The number of hydrogen-bond donors (Lipinski definition) is 1. The maximum absolute atomic E-state index is 12.9. The quantitative estimate of drug-likeness (QED) is 0.192. The summed E-state index contributed by atoms with van der Waals surface area (Å²) in [6.45, 7) is 2.67. The van der Waals surface area contributed by atoms with Crippen molar-refractivity contribution >= 4 is 35.7 Å². The molecule has 1 aliphatic heterocycles. The molecule has 0 aliphatic carbocycles. The highest BCUT2D eigenvalue weighted by Gasteiger charge is 2.22. The number of anilines is 1. The van der Waals surface area contributed by atoms with Crippen molar-refractivity contribution < 1.29 is 38.9 Å². The Kier molecular flexibility index (Phi) is 14.5. The summed E-state index contributed by atoms with van der Waals surface area (Å²) in [5.74, 6) is 5.40. The number of aldehydes is 1. The van der Waals surface area contributed by atoms with Crippen molar-refractivity contribution in [3.8, 4) is 11.8 Å². The fourth-order valence-corrected chi connectivity index (χ4v) is 3.76. The van der Waals surface area contributed by atoms with Gasteiger partial charge in [-0.05, 0) is 30.2 Å². The zero-order chi connectivity index (χ0) is 30.0. The molecule has 1 heterocycles. The number of para-hydroxylation sites is 1. The molecule has 218 valence electrons. The first-order chi connectivity index (χ1) is 19.8. The van der Waals surface area contributed by atoms with Gasteiger partial charge < -0.3 is 19.3 Å². The Labute approximate surface area is 240 Å². The molecule has 0 spiro atoms. The minimum absolute atomic E-state index is 0.0705. The number of methoxy groups -OCH3 is 1. The molecule has 3 amide bonds. The molecule has 2 aromatic rings.